The minimum Gasteiger partial charge on any atom is -0.316 e. The Kier molecular flexibility index (Phi) is 4.51. The van der Waals surface area contributed by atoms with Gasteiger partial charge in [0.15, 0.2) is 0 Å². The highest BCUT2D eigenvalue weighted by molar-refractivity contribution is 6.30. The molecule has 1 heterocycles. The Morgan fingerprint density at radius 2 is 1.63 bits per heavy atom. The largest absolute Gasteiger partial charge is 0.316 e. The number of benzene rings is 1. The molecule has 0 unspecified atom stereocenters. The molecule has 0 bridgehead atoms. The lowest BCUT2D eigenvalue weighted by Gasteiger charge is -2.10. The SMILES string of the molecule is CNCc1c(C)nc(Cc2ccc(Cl)cc2)nc1C. The van der Waals surface area contributed by atoms with E-state index in [9.17, 15) is 0 Å². The number of rotatable bonds is 4. The Morgan fingerprint density at radius 1 is 1.05 bits per heavy atom. The standard InChI is InChI=1S/C15H18ClN3/c1-10-14(9-17-3)11(2)19-15(18-10)8-12-4-6-13(16)7-5-12/h4-7,17H,8-9H2,1-3H3. The maximum absolute atomic E-state index is 5.88. The van der Waals surface area contributed by atoms with Crippen molar-refractivity contribution >= 4 is 11.6 Å². The van der Waals surface area contributed by atoms with Crippen molar-refractivity contribution in [1.82, 2.24) is 15.3 Å². The predicted octanol–water partition coefficient (Wildman–Crippen LogP) is 3.06. The Hall–Kier alpha value is -1.45. The first-order chi connectivity index (χ1) is 9.10. The third kappa shape index (κ3) is 3.52. The van der Waals surface area contributed by atoms with Gasteiger partial charge in [0.1, 0.15) is 5.82 Å². The summed E-state index contributed by atoms with van der Waals surface area (Å²) in [6.07, 6.45) is 0.735. The number of halogens is 1. The van der Waals surface area contributed by atoms with Crippen LogP contribution in [-0.4, -0.2) is 17.0 Å². The molecule has 19 heavy (non-hydrogen) atoms. The zero-order valence-corrected chi connectivity index (χ0v) is 12.3. The lowest BCUT2D eigenvalue weighted by molar-refractivity contribution is 0.773. The van der Waals surface area contributed by atoms with E-state index < -0.39 is 0 Å². The smallest absolute Gasteiger partial charge is 0.133 e. The molecule has 4 heteroatoms. The van der Waals surface area contributed by atoms with E-state index in [1.807, 2.05) is 45.2 Å². The molecule has 0 fully saturated rings. The van der Waals surface area contributed by atoms with Gasteiger partial charge < -0.3 is 5.32 Å². The number of hydrogen-bond donors (Lipinski definition) is 1. The van der Waals surface area contributed by atoms with E-state index >= 15 is 0 Å². The van der Waals surface area contributed by atoms with Crippen molar-refractivity contribution in [2.75, 3.05) is 7.05 Å². The van der Waals surface area contributed by atoms with E-state index in [4.69, 9.17) is 11.6 Å². The van der Waals surface area contributed by atoms with Crippen molar-refractivity contribution in [2.24, 2.45) is 0 Å². The Morgan fingerprint density at radius 3 is 2.16 bits per heavy atom. The van der Waals surface area contributed by atoms with Crippen LogP contribution in [0.3, 0.4) is 0 Å². The minimum atomic E-state index is 0.735. The molecule has 0 saturated carbocycles. The highest BCUT2D eigenvalue weighted by Crippen LogP contribution is 2.14. The highest BCUT2D eigenvalue weighted by atomic mass is 35.5. The second-order valence-electron chi connectivity index (χ2n) is 4.62. The average Bonchev–Trinajstić information content (AvgIpc) is 2.37. The molecule has 0 atom stereocenters. The van der Waals surface area contributed by atoms with Crippen molar-refractivity contribution in [3.8, 4) is 0 Å². The third-order valence-electron chi connectivity index (χ3n) is 3.10. The van der Waals surface area contributed by atoms with Gasteiger partial charge in [-0.3, -0.25) is 0 Å². The van der Waals surface area contributed by atoms with Crippen LogP contribution in [0.4, 0.5) is 0 Å². The molecular weight excluding hydrogens is 258 g/mol. The number of nitrogens with zero attached hydrogens (tertiary/aromatic N) is 2. The van der Waals surface area contributed by atoms with Gasteiger partial charge in [-0.05, 0) is 38.6 Å². The molecule has 0 spiro atoms. The van der Waals surface area contributed by atoms with Crippen LogP contribution in [-0.2, 0) is 13.0 Å². The van der Waals surface area contributed by atoms with Crippen molar-refractivity contribution in [2.45, 2.75) is 26.8 Å². The maximum Gasteiger partial charge on any atom is 0.133 e. The molecule has 2 aromatic rings. The fourth-order valence-electron chi connectivity index (χ4n) is 2.11. The molecule has 1 aromatic carbocycles. The van der Waals surface area contributed by atoms with E-state index in [1.54, 1.807) is 0 Å². The fraction of sp³-hybridized carbons (Fsp3) is 0.333. The summed E-state index contributed by atoms with van der Waals surface area (Å²) >= 11 is 5.88. The lowest BCUT2D eigenvalue weighted by Crippen LogP contribution is -2.12. The van der Waals surface area contributed by atoms with Gasteiger partial charge in [-0.1, -0.05) is 23.7 Å². The normalized spacial score (nSPS) is 10.7. The van der Waals surface area contributed by atoms with E-state index in [0.717, 1.165) is 35.2 Å². The van der Waals surface area contributed by atoms with Gasteiger partial charge in [0.2, 0.25) is 0 Å². The van der Waals surface area contributed by atoms with Crippen molar-refractivity contribution in [3.05, 3.63) is 57.6 Å². The summed E-state index contributed by atoms with van der Waals surface area (Å²) in [5, 5.41) is 3.90. The summed E-state index contributed by atoms with van der Waals surface area (Å²) in [5.74, 6) is 0.858. The van der Waals surface area contributed by atoms with Gasteiger partial charge in [-0.2, -0.15) is 0 Å². The second-order valence-corrected chi connectivity index (χ2v) is 5.06. The first-order valence-electron chi connectivity index (χ1n) is 6.32. The van der Waals surface area contributed by atoms with Crippen LogP contribution in [0.1, 0.15) is 28.3 Å². The minimum absolute atomic E-state index is 0.735. The summed E-state index contributed by atoms with van der Waals surface area (Å²) in [5.41, 5.74) is 4.45. The van der Waals surface area contributed by atoms with E-state index in [1.165, 1.54) is 11.1 Å². The van der Waals surface area contributed by atoms with Crippen LogP contribution < -0.4 is 5.32 Å². The van der Waals surface area contributed by atoms with Crippen LogP contribution in [0.15, 0.2) is 24.3 Å². The van der Waals surface area contributed by atoms with Crippen LogP contribution in [0.5, 0.6) is 0 Å². The molecule has 0 radical (unpaired) electrons. The van der Waals surface area contributed by atoms with E-state index in [0.29, 0.717) is 0 Å². The molecule has 100 valence electrons. The van der Waals surface area contributed by atoms with Crippen LogP contribution in [0.25, 0.3) is 0 Å². The summed E-state index contributed by atoms with van der Waals surface area (Å²) in [7, 11) is 1.93. The molecule has 0 amide bonds. The lowest BCUT2D eigenvalue weighted by atomic mass is 10.1. The molecule has 0 aliphatic heterocycles. The molecule has 0 saturated heterocycles. The number of nitrogens with one attached hydrogen (secondary N) is 1. The van der Waals surface area contributed by atoms with Crippen LogP contribution in [0, 0.1) is 13.8 Å². The molecule has 3 nitrogen and oxygen atoms in total. The Bertz CT molecular complexity index is 541. The maximum atomic E-state index is 5.88. The molecule has 1 N–H and O–H groups in total. The quantitative estimate of drug-likeness (QED) is 0.932. The summed E-state index contributed by atoms with van der Waals surface area (Å²) in [6, 6.07) is 7.81. The van der Waals surface area contributed by atoms with Crippen LogP contribution >= 0.6 is 11.6 Å². The third-order valence-corrected chi connectivity index (χ3v) is 3.35. The van der Waals surface area contributed by atoms with E-state index in [2.05, 4.69) is 15.3 Å². The van der Waals surface area contributed by atoms with Gasteiger partial charge in [-0.15, -0.1) is 0 Å². The van der Waals surface area contributed by atoms with Gasteiger partial charge in [0, 0.05) is 34.9 Å². The van der Waals surface area contributed by atoms with Gasteiger partial charge >= 0.3 is 0 Å². The zero-order chi connectivity index (χ0) is 13.8. The number of aryl methyl sites for hydroxylation is 2. The van der Waals surface area contributed by atoms with Crippen molar-refractivity contribution < 1.29 is 0 Å². The summed E-state index contributed by atoms with van der Waals surface area (Å²) in [6.45, 7) is 4.87. The monoisotopic (exact) mass is 275 g/mol. The van der Waals surface area contributed by atoms with Gasteiger partial charge in [0.25, 0.3) is 0 Å². The Labute approximate surface area is 119 Å². The van der Waals surface area contributed by atoms with Gasteiger partial charge in [0.05, 0.1) is 0 Å². The first kappa shape index (κ1) is 14.0. The van der Waals surface area contributed by atoms with E-state index in [-0.39, 0.29) is 0 Å². The summed E-state index contributed by atoms with van der Waals surface area (Å²) in [4.78, 5) is 9.17. The van der Waals surface area contributed by atoms with Crippen molar-refractivity contribution in [1.29, 1.82) is 0 Å². The molecular formula is C15H18ClN3. The molecule has 2 rings (SSSR count). The predicted molar refractivity (Wildman–Crippen MR) is 78.5 cm³/mol. The Balaban J connectivity index is 2.24. The molecule has 1 aromatic heterocycles. The fourth-order valence-corrected chi connectivity index (χ4v) is 2.23. The first-order valence-corrected chi connectivity index (χ1v) is 6.70. The summed E-state index contributed by atoms with van der Waals surface area (Å²) < 4.78 is 0. The van der Waals surface area contributed by atoms with Crippen LogP contribution in [0.2, 0.25) is 5.02 Å². The molecule has 0 aliphatic rings. The number of aromatic nitrogens is 2. The average molecular weight is 276 g/mol. The number of hydrogen-bond acceptors (Lipinski definition) is 3. The second kappa shape index (κ2) is 6.13. The molecule has 0 aliphatic carbocycles. The zero-order valence-electron chi connectivity index (χ0n) is 11.5. The van der Waals surface area contributed by atoms with Crippen molar-refractivity contribution in [3.63, 3.8) is 0 Å². The highest BCUT2D eigenvalue weighted by Gasteiger charge is 2.08. The van der Waals surface area contributed by atoms with Gasteiger partial charge in [-0.25, -0.2) is 9.97 Å². The topological polar surface area (TPSA) is 37.8 Å².